The number of rotatable bonds is 2. The topological polar surface area (TPSA) is 35.8 Å². The molecule has 0 bridgehead atoms. The Bertz CT molecular complexity index is 515. The zero-order valence-electron chi connectivity index (χ0n) is 9.93. The summed E-state index contributed by atoms with van der Waals surface area (Å²) in [5.41, 5.74) is 1.02. The largest absolute Gasteiger partial charge is 0.494 e. The lowest BCUT2D eigenvalue weighted by atomic mass is 10.0. The van der Waals surface area contributed by atoms with Crippen LogP contribution in [0.25, 0.3) is 5.52 Å². The minimum Gasteiger partial charge on any atom is -0.494 e. The third kappa shape index (κ3) is 1.78. The molecule has 0 spiro atoms. The maximum atomic E-state index is 5.53. The molecule has 3 heterocycles. The second kappa shape index (κ2) is 4.37. The molecule has 2 aromatic rings. The Morgan fingerprint density at radius 2 is 2.47 bits per heavy atom. The Morgan fingerprint density at radius 3 is 3.24 bits per heavy atom. The van der Waals surface area contributed by atoms with Crippen molar-refractivity contribution in [3.63, 3.8) is 0 Å². The van der Waals surface area contributed by atoms with Gasteiger partial charge in [-0.25, -0.2) is 4.98 Å². The van der Waals surface area contributed by atoms with Crippen molar-refractivity contribution < 1.29 is 9.47 Å². The van der Waals surface area contributed by atoms with E-state index in [1.54, 1.807) is 7.11 Å². The molecule has 1 unspecified atom stereocenters. The fourth-order valence-electron chi connectivity index (χ4n) is 2.44. The van der Waals surface area contributed by atoms with E-state index in [2.05, 4.69) is 9.38 Å². The minimum atomic E-state index is 0.401. The Kier molecular flexibility index (Phi) is 2.73. The van der Waals surface area contributed by atoms with Gasteiger partial charge < -0.3 is 13.9 Å². The van der Waals surface area contributed by atoms with E-state index in [-0.39, 0.29) is 0 Å². The molecular formula is C13H16N2O2. The fourth-order valence-corrected chi connectivity index (χ4v) is 2.44. The van der Waals surface area contributed by atoms with Crippen molar-refractivity contribution >= 4 is 5.52 Å². The molecule has 90 valence electrons. The third-order valence-corrected chi connectivity index (χ3v) is 3.31. The molecule has 1 aliphatic rings. The fraction of sp³-hybridized carbons (Fsp3) is 0.462. The first-order valence-corrected chi connectivity index (χ1v) is 5.98. The summed E-state index contributed by atoms with van der Waals surface area (Å²) < 4.78 is 13.0. The summed E-state index contributed by atoms with van der Waals surface area (Å²) >= 11 is 0. The van der Waals surface area contributed by atoms with Gasteiger partial charge >= 0.3 is 0 Å². The first-order chi connectivity index (χ1) is 8.40. The highest BCUT2D eigenvalue weighted by Crippen LogP contribution is 2.28. The predicted octanol–water partition coefficient (Wildman–Crippen LogP) is 2.24. The zero-order chi connectivity index (χ0) is 11.7. The molecule has 17 heavy (non-hydrogen) atoms. The first-order valence-electron chi connectivity index (χ1n) is 5.98. The lowest BCUT2D eigenvalue weighted by Crippen LogP contribution is -2.17. The molecule has 1 saturated heterocycles. The van der Waals surface area contributed by atoms with Crippen LogP contribution in [-0.2, 0) is 4.74 Å². The molecule has 1 fully saturated rings. The van der Waals surface area contributed by atoms with Gasteiger partial charge in [0.15, 0.2) is 0 Å². The average molecular weight is 232 g/mol. The molecule has 1 aliphatic heterocycles. The number of fused-ring (bicyclic) bond motifs is 1. The molecule has 0 aliphatic carbocycles. The lowest BCUT2D eigenvalue weighted by molar-refractivity contribution is 0.0779. The van der Waals surface area contributed by atoms with Gasteiger partial charge in [0, 0.05) is 18.7 Å². The van der Waals surface area contributed by atoms with Gasteiger partial charge in [0.05, 0.1) is 19.9 Å². The third-order valence-electron chi connectivity index (χ3n) is 3.31. The van der Waals surface area contributed by atoms with Crippen LogP contribution in [0.3, 0.4) is 0 Å². The lowest BCUT2D eigenvalue weighted by Gasteiger charge is -2.21. The standard InChI is InChI=1S/C13H16N2O2/c1-16-12-5-2-6-15-11(12)8-14-13(15)10-4-3-7-17-9-10/h2,5-6,8,10H,3-4,7,9H2,1H3. The Morgan fingerprint density at radius 1 is 1.53 bits per heavy atom. The SMILES string of the molecule is COc1cccn2c(C3CCCOC3)ncc12. The van der Waals surface area contributed by atoms with Crippen molar-refractivity contribution in [2.75, 3.05) is 20.3 Å². The van der Waals surface area contributed by atoms with Crippen molar-refractivity contribution in [1.29, 1.82) is 0 Å². The van der Waals surface area contributed by atoms with Gasteiger partial charge in [-0.05, 0) is 25.0 Å². The highest BCUT2D eigenvalue weighted by molar-refractivity contribution is 5.59. The van der Waals surface area contributed by atoms with Crippen molar-refractivity contribution in [1.82, 2.24) is 9.38 Å². The van der Waals surface area contributed by atoms with E-state index < -0.39 is 0 Å². The normalized spacial score (nSPS) is 20.6. The van der Waals surface area contributed by atoms with Gasteiger partial charge in [-0.15, -0.1) is 0 Å². The summed E-state index contributed by atoms with van der Waals surface area (Å²) in [7, 11) is 1.69. The summed E-state index contributed by atoms with van der Waals surface area (Å²) in [6.07, 6.45) is 6.18. The molecular weight excluding hydrogens is 216 g/mol. The number of ether oxygens (including phenoxy) is 2. The maximum absolute atomic E-state index is 5.53. The van der Waals surface area contributed by atoms with Crippen LogP contribution >= 0.6 is 0 Å². The van der Waals surface area contributed by atoms with Crippen LogP contribution in [0, 0.1) is 0 Å². The van der Waals surface area contributed by atoms with Gasteiger partial charge in [0.2, 0.25) is 0 Å². The number of aromatic nitrogens is 2. The van der Waals surface area contributed by atoms with E-state index in [0.29, 0.717) is 5.92 Å². The molecule has 3 rings (SSSR count). The van der Waals surface area contributed by atoms with Crippen molar-refractivity contribution in [2.24, 2.45) is 0 Å². The number of hydrogen-bond acceptors (Lipinski definition) is 3. The quantitative estimate of drug-likeness (QED) is 0.796. The van der Waals surface area contributed by atoms with Crippen LogP contribution in [0.1, 0.15) is 24.6 Å². The Hall–Kier alpha value is -1.55. The molecule has 1 atom stereocenters. The van der Waals surface area contributed by atoms with E-state index in [9.17, 15) is 0 Å². The van der Waals surface area contributed by atoms with Crippen molar-refractivity contribution in [3.8, 4) is 5.75 Å². The Balaban J connectivity index is 2.05. The predicted molar refractivity (Wildman–Crippen MR) is 64.5 cm³/mol. The van der Waals surface area contributed by atoms with Gasteiger partial charge in [-0.3, -0.25) is 0 Å². The summed E-state index contributed by atoms with van der Waals surface area (Å²) in [6, 6.07) is 3.94. The van der Waals surface area contributed by atoms with Gasteiger partial charge in [-0.1, -0.05) is 0 Å². The highest BCUT2D eigenvalue weighted by atomic mass is 16.5. The number of methoxy groups -OCH3 is 1. The summed E-state index contributed by atoms with van der Waals surface area (Å²) in [5.74, 6) is 2.35. The van der Waals surface area contributed by atoms with E-state index >= 15 is 0 Å². The van der Waals surface area contributed by atoms with E-state index in [1.807, 2.05) is 24.5 Å². The first kappa shape index (κ1) is 10.6. The molecule has 0 saturated carbocycles. The van der Waals surface area contributed by atoms with Crippen LogP contribution in [0.4, 0.5) is 0 Å². The maximum Gasteiger partial charge on any atom is 0.144 e. The van der Waals surface area contributed by atoms with Crippen LogP contribution in [-0.4, -0.2) is 29.7 Å². The second-order valence-corrected chi connectivity index (χ2v) is 4.36. The smallest absolute Gasteiger partial charge is 0.144 e. The molecule has 0 amide bonds. The van der Waals surface area contributed by atoms with E-state index in [4.69, 9.17) is 9.47 Å². The summed E-state index contributed by atoms with van der Waals surface area (Å²) in [5, 5.41) is 0. The molecule has 0 aromatic carbocycles. The van der Waals surface area contributed by atoms with E-state index in [0.717, 1.165) is 43.1 Å². The van der Waals surface area contributed by atoms with Crippen molar-refractivity contribution in [3.05, 3.63) is 30.4 Å². The molecule has 4 heteroatoms. The number of nitrogens with zero attached hydrogens (tertiary/aromatic N) is 2. The molecule has 2 aromatic heterocycles. The highest BCUT2D eigenvalue weighted by Gasteiger charge is 2.21. The summed E-state index contributed by atoms with van der Waals surface area (Å²) in [4.78, 5) is 4.53. The number of imidazole rings is 1. The Labute approximate surface area is 100 Å². The van der Waals surface area contributed by atoms with Crippen LogP contribution in [0.15, 0.2) is 24.5 Å². The van der Waals surface area contributed by atoms with Crippen LogP contribution in [0.5, 0.6) is 5.75 Å². The molecule has 4 nitrogen and oxygen atoms in total. The average Bonchev–Trinajstić information content (AvgIpc) is 2.83. The number of pyridine rings is 1. The number of hydrogen-bond donors (Lipinski definition) is 0. The summed E-state index contributed by atoms with van der Waals surface area (Å²) in [6.45, 7) is 1.65. The molecule has 0 radical (unpaired) electrons. The van der Waals surface area contributed by atoms with Gasteiger partial charge in [0.25, 0.3) is 0 Å². The van der Waals surface area contributed by atoms with E-state index in [1.165, 1.54) is 0 Å². The van der Waals surface area contributed by atoms with Crippen LogP contribution in [0.2, 0.25) is 0 Å². The minimum absolute atomic E-state index is 0.401. The van der Waals surface area contributed by atoms with Crippen molar-refractivity contribution in [2.45, 2.75) is 18.8 Å². The van der Waals surface area contributed by atoms with Gasteiger partial charge in [0.1, 0.15) is 17.1 Å². The monoisotopic (exact) mass is 232 g/mol. The van der Waals surface area contributed by atoms with Crippen LogP contribution < -0.4 is 4.74 Å². The van der Waals surface area contributed by atoms with Gasteiger partial charge in [-0.2, -0.15) is 0 Å². The zero-order valence-corrected chi connectivity index (χ0v) is 9.93. The second-order valence-electron chi connectivity index (χ2n) is 4.36. The molecule has 0 N–H and O–H groups in total.